The second kappa shape index (κ2) is 6.86. The first-order chi connectivity index (χ1) is 8.49. The van der Waals surface area contributed by atoms with Crippen LogP contribution >= 0.6 is 0 Å². The van der Waals surface area contributed by atoms with Crippen LogP contribution in [0.2, 0.25) is 0 Å². The monoisotopic (exact) mass is 274 g/mol. The molecule has 1 unspecified atom stereocenters. The van der Waals surface area contributed by atoms with Gasteiger partial charge in [0.1, 0.15) is 5.82 Å². The molecule has 6 nitrogen and oxygen atoms in total. The summed E-state index contributed by atoms with van der Waals surface area (Å²) in [6.07, 6.45) is 4.16. The van der Waals surface area contributed by atoms with E-state index in [1.54, 1.807) is 6.92 Å². The minimum atomic E-state index is -3.48. The minimum Gasteiger partial charge on any atom is -0.332 e. The number of rotatable bonds is 8. The SMILES string of the molecule is CCCC(CCN)CNS(=O)(=O)c1cnc(C)[nH]1. The molecule has 1 rings (SSSR count). The van der Waals surface area contributed by atoms with Crippen LogP contribution in [0.25, 0.3) is 0 Å². The molecular formula is C11H22N4O2S. The van der Waals surface area contributed by atoms with E-state index in [9.17, 15) is 8.42 Å². The van der Waals surface area contributed by atoms with E-state index in [0.29, 0.717) is 24.8 Å². The standard InChI is InChI=1S/C11H22N4O2S/c1-3-4-10(5-6-12)7-14-18(16,17)11-8-13-9(2)15-11/h8,10,14H,3-7,12H2,1-2H3,(H,13,15). The fourth-order valence-corrected chi connectivity index (χ4v) is 2.92. The Balaban J connectivity index is 2.60. The fourth-order valence-electron chi connectivity index (χ4n) is 1.83. The maximum absolute atomic E-state index is 11.9. The van der Waals surface area contributed by atoms with Gasteiger partial charge in [0, 0.05) is 6.54 Å². The van der Waals surface area contributed by atoms with Crippen LogP contribution in [0.4, 0.5) is 0 Å². The van der Waals surface area contributed by atoms with Crippen molar-refractivity contribution in [3.63, 3.8) is 0 Å². The molecule has 4 N–H and O–H groups in total. The fraction of sp³-hybridized carbons (Fsp3) is 0.727. The summed E-state index contributed by atoms with van der Waals surface area (Å²) < 4.78 is 26.5. The number of nitrogens with one attached hydrogen (secondary N) is 2. The van der Waals surface area contributed by atoms with Crippen LogP contribution in [0.5, 0.6) is 0 Å². The summed E-state index contributed by atoms with van der Waals surface area (Å²) in [6.45, 7) is 4.80. The number of imidazole rings is 1. The predicted octanol–water partition coefficient (Wildman–Crippen LogP) is 0.762. The summed E-state index contributed by atoms with van der Waals surface area (Å²) in [6, 6.07) is 0. The third kappa shape index (κ3) is 4.40. The summed E-state index contributed by atoms with van der Waals surface area (Å²) in [5.41, 5.74) is 5.52. The summed E-state index contributed by atoms with van der Waals surface area (Å²) >= 11 is 0. The van der Waals surface area contributed by atoms with E-state index >= 15 is 0 Å². The molecule has 0 aliphatic carbocycles. The van der Waals surface area contributed by atoms with Crippen LogP contribution in [0, 0.1) is 12.8 Å². The van der Waals surface area contributed by atoms with Gasteiger partial charge in [0.2, 0.25) is 0 Å². The van der Waals surface area contributed by atoms with Crippen molar-refractivity contribution in [1.82, 2.24) is 14.7 Å². The molecule has 7 heteroatoms. The van der Waals surface area contributed by atoms with Crippen molar-refractivity contribution in [2.24, 2.45) is 11.7 Å². The number of sulfonamides is 1. The third-order valence-corrected chi connectivity index (χ3v) is 4.14. The lowest BCUT2D eigenvalue weighted by Crippen LogP contribution is -2.30. The average Bonchev–Trinajstić information content (AvgIpc) is 2.74. The first kappa shape index (κ1) is 15.1. The first-order valence-electron chi connectivity index (χ1n) is 6.21. The van der Waals surface area contributed by atoms with Crippen molar-refractivity contribution >= 4 is 10.0 Å². The Hall–Kier alpha value is -0.920. The topological polar surface area (TPSA) is 101 Å². The van der Waals surface area contributed by atoms with Crippen molar-refractivity contribution in [1.29, 1.82) is 0 Å². The molecule has 0 fully saturated rings. The molecule has 0 radical (unpaired) electrons. The van der Waals surface area contributed by atoms with E-state index in [1.807, 2.05) is 0 Å². The second-order valence-electron chi connectivity index (χ2n) is 4.42. The number of hydrogen-bond donors (Lipinski definition) is 3. The highest BCUT2D eigenvalue weighted by Gasteiger charge is 2.18. The van der Waals surface area contributed by atoms with E-state index in [2.05, 4.69) is 21.6 Å². The van der Waals surface area contributed by atoms with Gasteiger partial charge in [-0.1, -0.05) is 13.3 Å². The minimum absolute atomic E-state index is 0.114. The number of aromatic nitrogens is 2. The summed E-state index contributed by atoms with van der Waals surface area (Å²) in [5.74, 6) is 0.876. The molecule has 18 heavy (non-hydrogen) atoms. The van der Waals surface area contributed by atoms with Crippen molar-refractivity contribution in [2.75, 3.05) is 13.1 Å². The maximum Gasteiger partial charge on any atom is 0.257 e. The Bertz CT molecular complexity index is 449. The number of H-pyrrole nitrogens is 1. The van der Waals surface area contributed by atoms with Gasteiger partial charge in [-0.05, 0) is 32.2 Å². The summed E-state index contributed by atoms with van der Waals surface area (Å²) in [4.78, 5) is 6.61. The lowest BCUT2D eigenvalue weighted by atomic mass is 10.0. The molecule has 1 aromatic rings. The van der Waals surface area contributed by atoms with Crippen molar-refractivity contribution in [3.8, 4) is 0 Å². The number of nitrogens with two attached hydrogens (primary N) is 1. The molecule has 1 aromatic heterocycles. The summed E-state index contributed by atoms with van der Waals surface area (Å²) in [5, 5.41) is 0.114. The predicted molar refractivity (Wildman–Crippen MR) is 70.6 cm³/mol. The molecule has 104 valence electrons. The van der Waals surface area contributed by atoms with Gasteiger partial charge in [0.05, 0.1) is 6.20 Å². The molecule has 0 saturated heterocycles. The number of nitrogens with zero attached hydrogens (tertiary/aromatic N) is 1. The highest BCUT2D eigenvalue weighted by molar-refractivity contribution is 7.89. The van der Waals surface area contributed by atoms with E-state index in [-0.39, 0.29) is 5.03 Å². The molecule has 0 aliphatic heterocycles. The van der Waals surface area contributed by atoms with Crippen LogP contribution in [-0.4, -0.2) is 31.5 Å². The van der Waals surface area contributed by atoms with Gasteiger partial charge in [-0.2, -0.15) is 0 Å². The van der Waals surface area contributed by atoms with E-state index in [4.69, 9.17) is 5.73 Å². The van der Waals surface area contributed by atoms with Crippen LogP contribution in [-0.2, 0) is 10.0 Å². The van der Waals surface area contributed by atoms with Crippen molar-refractivity contribution in [2.45, 2.75) is 38.1 Å². The Morgan fingerprint density at radius 1 is 1.50 bits per heavy atom. The van der Waals surface area contributed by atoms with Gasteiger partial charge in [0.15, 0.2) is 5.03 Å². The molecule has 1 heterocycles. The highest BCUT2D eigenvalue weighted by Crippen LogP contribution is 2.11. The van der Waals surface area contributed by atoms with E-state index in [0.717, 1.165) is 19.3 Å². The zero-order valence-electron chi connectivity index (χ0n) is 10.9. The Labute approximate surface area is 108 Å². The van der Waals surface area contributed by atoms with Gasteiger partial charge in [-0.25, -0.2) is 18.1 Å². The zero-order chi connectivity index (χ0) is 13.6. The van der Waals surface area contributed by atoms with Gasteiger partial charge in [-0.15, -0.1) is 0 Å². The van der Waals surface area contributed by atoms with Gasteiger partial charge in [0.25, 0.3) is 10.0 Å². The number of hydrogen-bond acceptors (Lipinski definition) is 4. The van der Waals surface area contributed by atoms with Gasteiger partial charge < -0.3 is 10.7 Å². The molecule has 0 saturated carbocycles. The van der Waals surface area contributed by atoms with Crippen molar-refractivity contribution < 1.29 is 8.42 Å². The van der Waals surface area contributed by atoms with Crippen LogP contribution < -0.4 is 10.5 Å². The van der Waals surface area contributed by atoms with Crippen LogP contribution in [0.1, 0.15) is 32.0 Å². The summed E-state index contributed by atoms with van der Waals surface area (Å²) in [7, 11) is -3.48. The van der Waals surface area contributed by atoms with Gasteiger partial charge >= 0.3 is 0 Å². The van der Waals surface area contributed by atoms with Gasteiger partial charge in [-0.3, -0.25) is 0 Å². The van der Waals surface area contributed by atoms with Crippen molar-refractivity contribution in [3.05, 3.63) is 12.0 Å². The Morgan fingerprint density at radius 3 is 2.72 bits per heavy atom. The van der Waals surface area contributed by atoms with Crippen LogP contribution in [0.3, 0.4) is 0 Å². The molecule has 0 aromatic carbocycles. The molecule has 0 aliphatic rings. The Morgan fingerprint density at radius 2 is 2.22 bits per heavy atom. The lowest BCUT2D eigenvalue weighted by Gasteiger charge is -2.15. The molecule has 0 spiro atoms. The van der Waals surface area contributed by atoms with Crippen LogP contribution in [0.15, 0.2) is 11.2 Å². The first-order valence-corrected chi connectivity index (χ1v) is 7.69. The Kier molecular flexibility index (Phi) is 5.77. The second-order valence-corrected chi connectivity index (χ2v) is 6.15. The lowest BCUT2D eigenvalue weighted by molar-refractivity contribution is 0.443. The third-order valence-electron chi connectivity index (χ3n) is 2.80. The van der Waals surface area contributed by atoms with E-state index in [1.165, 1.54) is 6.20 Å². The smallest absolute Gasteiger partial charge is 0.257 e. The maximum atomic E-state index is 11.9. The molecule has 0 amide bonds. The number of aryl methyl sites for hydroxylation is 1. The molecule has 1 atom stereocenters. The molecular weight excluding hydrogens is 252 g/mol. The average molecular weight is 274 g/mol. The largest absolute Gasteiger partial charge is 0.332 e. The number of aromatic amines is 1. The molecule has 0 bridgehead atoms. The quantitative estimate of drug-likeness (QED) is 0.651. The zero-order valence-corrected chi connectivity index (χ0v) is 11.8. The van der Waals surface area contributed by atoms with E-state index < -0.39 is 10.0 Å². The normalized spacial score (nSPS) is 13.7. The highest BCUT2D eigenvalue weighted by atomic mass is 32.2.